The number of ether oxygens (including phenoxy) is 2. The fourth-order valence-electron chi connectivity index (χ4n) is 2.44. The van der Waals surface area contributed by atoms with Gasteiger partial charge in [0.2, 0.25) is 0 Å². The van der Waals surface area contributed by atoms with Crippen LogP contribution in [-0.4, -0.2) is 48.2 Å². The number of morpholine rings is 1. The SMILES string of the molecule is O=C(c1cccnc1Cl)N1CCOC(COc2ccc(F)cc2)C1. The van der Waals surface area contributed by atoms with E-state index in [9.17, 15) is 9.18 Å². The van der Waals surface area contributed by atoms with Gasteiger partial charge in [-0.2, -0.15) is 0 Å². The quantitative estimate of drug-likeness (QED) is 0.796. The number of carbonyl (C=O) groups excluding carboxylic acids is 1. The molecule has 2 heterocycles. The fourth-order valence-corrected chi connectivity index (χ4v) is 2.64. The molecule has 1 aromatic heterocycles. The zero-order valence-electron chi connectivity index (χ0n) is 12.8. The summed E-state index contributed by atoms with van der Waals surface area (Å²) in [6.07, 6.45) is 1.28. The maximum Gasteiger partial charge on any atom is 0.257 e. The number of benzene rings is 1. The number of amides is 1. The van der Waals surface area contributed by atoms with Crippen LogP contribution in [0.2, 0.25) is 5.15 Å². The van der Waals surface area contributed by atoms with E-state index in [4.69, 9.17) is 21.1 Å². The average Bonchev–Trinajstić information content (AvgIpc) is 2.61. The second kappa shape index (κ2) is 7.59. The van der Waals surface area contributed by atoms with Gasteiger partial charge in [0.25, 0.3) is 5.91 Å². The molecule has 7 heteroatoms. The molecule has 5 nitrogen and oxygen atoms in total. The Labute approximate surface area is 144 Å². The van der Waals surface area contributed by atoms with Crippen molar-refractivity contribution < 1.29 is 18.7 Å². The van der Waals surface area contributed by atoms with Gasteiger partial charge >= 0.3 is 0 Å². The number of halogens is 2. The van der Waals surface area contributed by atoms with E-state index in [-0.39, 0.29) is 29.6 Å². The molecule has 0 saturated carbocycles. The Morgan fingerprint density at radius 2 is 2.17 bits per heavy atom. The van der Waals surface area contributed by atoms with Crippen LogP contribution >= 0.6 is 11.6 Å². The largest absolute Gasteiger partial charge is 0.491 e. The summed E-state index contributed by atoms with van der Waals surface area (Å²) in [7, 11) is 0. The molecule has 1 unspecified atom stereocenters. The topological polar surface area (TPSA) is 51.7 Å². The predicted molar refractivity (Wildman–Crippen MR) is 86.8 cm³/mol. The highest BCUT2D eigenvalue weighted by molar-refractivity contribution is 6.32. The van der Waals surface area contributed by atoms with E-state index in [0.717, 1.165) is 0 Å². The zero-order chi connectivity index (χ0) is 16.9. The predicted octanol–water partition coefficient (Wildman–Crippen LogP) is 2.79. The molecule has 24 heavy (non-hydrogen) atoms. The van der Waals surface area contributed by atoms with Crippen LogP contribution in [0.1, 0.15) is 10.4 Å². The lowest BCUT2D eigenvalue weighted by Gasteiger charge is -2.33. The number of nitrogens with zero attached hydrogens (tertiary/aromatic N) is 2. The monoisotopic (exact) mass is 350 g/mol. The van der Waals surface area contributed by atoms with Gasteiger partial charge in [-0.3, -0.25) is 4.79 Å². The number of hydrogen-bond acceptors (Lipinski definition) is 4. The third kappa shape index (κ3) is 4.01. The standard InChI is InChI=1S/C17H16ClFN2O3/c18-16-15(2-1-7-20-16)17(22)21-8-9-23-14(10-21)11-24-13-5-3-12(19)4-6-13/h1-7,14H,8-11H2. The Morgan fingerprint density at radius 3 is 2.92 bits per heavy atom. The highest BCUT2D eigenvalue weighted by Crippen LogP contribution is 2.17. The molecule has 1 amide bonds. The second-order valence-electron chi connectivity index (χ2n) is 5.35. The third-order valence-electron chi connectivity index (χ3n) is 3.67. The van der Waals surface area contributed by atoms with Crippen molar-refractivity contribution >= 4 is 17.5 Å². The molecule has 1 aliphatic rings. The lowest BCUT2D eigenvalue weighted by molar-refractivity contribution is -0.0401. The summed E-state index contributed by atoms with van der Waals surface area (Å²) in [4.78, 5) is 18.1. The van der Waals surface area contributed by atoms with Crippen molar-refractivity contribution in [3.05, 3.63) is 59.1 Å². The molecule has 0 spiro atoms. The maximum atomic E-state index is 12.9. The first kappa shape index (κ1) is 16.7. The number of hydrogen-bond donors (Lipinski definition) is 0. The Hall–Kier alpha value is -2.18. The van der Waals surface area contributed by atoms with Gasteiger partial charge in [-0.05, 0) is 36.4 Å². The molecular formula is C17H16ClFN2O3. The van der Waals surface area contributed by atoms with Crippen LogP contribution in [-0.2, 0) is 4.74 Å². The van der Waals surface area contributed by atoms with Crippen molar-refractivity contribution in [3.63, 3.8) is 0 Å². The van der Waals surface area contributed by atoms with Crippen LogP contribution in [0.3, 0.4) is 0 Å². The molecule has 2 aromatic rings. The molecule has 0 radical (unpaired) electrons. The number of rotatable bonds is 4. The van der Waals surface area contributed by atoms with E-state index in [0.29, 0.717) is 31.0 Å². The van der Waals surface area contributed by atoms with Crippen LogP contribution in [0, 0.1) is 5.82 Å². The first-order valence-electron chi connectivity index (χ1n) is 7.53. The highest BCUT2D eigenvalue weighted by atomic mass is 35.5. The van der Waals surface area contributed by atoms with E-state index < -0.39 is 0 Å². The summed E-state index contributed by atoms with van der Waals surface area (Å²) >= 11 is 5.98. The molecule has 1 atom stereocenters. The fraction of sp³-hybridized carbons (Fsp3) is 0.294. The molecule has 1 aromatic carbocycles. The minimum atomic E-state index is -0.318. The molecule has 3 rings (SSSR count). The lowest BCUT2D eigenvalue weighted by Crippen LogP contribution is -2.47. The van der Waals surface area contributed by atoms with E-state index in [1.165, 1.54) is 18.3 Å². The summed E-state index contributed by atoms with van der Waals surface area (Å²) in [5.74, 6) is 0.0586. The minimum absolute atomic E-state index is 0.178. The summed E-state index contributed by atoms with van der Waals surface area (Å²) in [6.45, 7) is 1.57. The van der Waals surface area contributed by atoms with Crippen molar-refractivity contribution in [3.8, 4) is 5.75 Å². The Balaban J connectivity index is 1.59. The molecule has 1 fully saturated rings. The number of pyridine rings is 1. The summed E-state index contributed by atoms with van der Waals surface area (Å²) in [6, 6.07) is 9.09. The van der Waals surface area contributed by atoms with E-state index in [2.05, 4.69) is 4.98 Å². The summed E-state index contributed by atoms with van der Waals surface area (Å²) in [5, 5.41) is 0.188. The minimum Gasteiger partial charge on any atom is -0.491 e. The van der Waals surface area contributed by atoms with Crippen LogP contribution in [0.25, 0.3) is 0 Å². The van der Waals surface area contributed by atoms with Crippen molar-refractivity contribution in [2.75, 3.05) is 26.3 Å². The normalized spacial score (nSPS) is 17.6. The van der Waals surface area contributed by atoms with Crippen molar-refractivity contribution in [2.24, 2.45) is 0 Å². The van der Waals surface area contributed by atoms with E-state index in [1.807, 2.05) is 0 Å². The van der Waals surface area contributed by atoms with Crippen LogP contribution in [0.15, 0.2) is 42.6 Å². The van der Waals surface area contributed by atoms with E-state index in [1.54, 1.807) is 29.2 Å². The van der Waals surface area contributed by atoms with Gasteiger partial charge < -0.3 is 14.4 Å². The summed E-state index contributed by atoms with van der Waals surface area (Å²) in [5.41, 5.74) is 0.374. The van der Waals surface area contributed by atoms with Gasteiger partial charge in [0.15, 0.2) is 0 Å². The van der Waals surface area contributed by atoms with Gasteiger partial charge in [-0.15, -0.1) is 0 Å². The molecule has 0 bridgehead atoms. The third-order valence-corrected chi connectivity index (χ3v) is 3.97. The Kier molecular flexibility index (Phi) is 5.27. The Morgan fingerprint density at radius 1 is 1.38 bits per heavy atom. The lowest BCUT2D eigenvalue weighted by atomic mass is 10.2. The van der Waals surface area contributed by atoms with Crippen molar-refractivity contribution in [1.82, 2.24) is 9.88 Å². The average molecular weight is 351 g/mol. The van der Waals surface area contributed by atoms with Gasteiger partial charge in [0.05, 0.1) is 18.7 Å². The van der Waals surface area contributed by atoms with Gasteiger partial charge in [0, 0.05) is 12.7 Å². The van der Waals surface area contributed by atoms with Crippen LogP contribution in [0.4, 0.5) is 4.39 Å². The molecular weight excluding hydrogens is 335 g/mol. The van der Waals surface area contributed by atoms with Crippen molar-refractivity contribution in [2.45, 2.75) is 6.10 Å². The smallest absolute Gasteiger partial charge is 0.257 e. The molecule has 1 aliphatic heterocycles. The van der Waals surface area contributed by atoms with Crippen LogP contribution in [0.5, 0.6) is 5.75 Å². The van der Waals surface area contributed by atoms with Gasteiger partial charge in [-0.25, -0.2) is 9.37 Å². The molecule has 0 aliphatic carbocycles. The van der Waals surface area contributed by atoms with Gasteiger partial charge in [0.1, 0.15) is 29.4 Å². The second-order valence-corrected chi connectivity index (χ2v) is 5.71. The van der Waals surface area contributed by atoms with Crippen LogP contribution < -0.4 is 4.74 Å². The number of carbonyl (C=O) groups is 1. The summed E-state index contributed by atoms with van der Waals surface area (Å²) < 4.78 is 24.1. The zero-order valence-corrected chi connectivity index (χ0v) is 13.6. The van der Waals surface area contributed by atoms with E-state index >= 15 is 0 Å². The molecule has 126 valence electrons. The number of aromatic nitrogens is 1. The maximum absolute atomic E-state index is 12.9. The van der Waals surface area contributed by atoms with Gasteiger partial charge in [-0.1, -0.05) is 11.6 Å². The first-order chi connectivity index (χ1) is 11.6. The molecule has 1 saturated heterocycles. The Bertz CT molecular complexity index is 711. The first-order valence-corrected chi connectivity index (χ1v) is 7.91. The highest BCUT2D eigenvalue weighted by Gasteiger charge is 2.26. The van der Waals surface area contributed by atoms with Crippen molar-refractivity contribution in [1.29, 1.82) is 0 Å². The molecule has 0 N–H and O–H groups in total.